The van der Waals surface area contributed by atoms with Crippen LogP contribution in [0.3, 0.4) is 0 Å². The zero-order valence-corrected chi connectivity index (χ0v) is 24.2. The van der Waals surface area contributed by atoms with Crippen LogP contribution in [0.4, 0.5) is 5.82 Å². The molecule has 1 aliphatic heterocycles. The molecule has 0 N–H and O–H groups in total. The number of pyridine rings is 1. The van der Waals surface area contributed by atoms with Gasteiger partial charge in [0.15, 0.2) is 5.82 Å². The molecule has 0 amide bonds. The summed E-state index contributed by atoms with van der Waals surface area (Å²) in [5, 5.41) is 1.14. The summed E-state index contributed by atoms with van der Waals surface area (Å²) in [5.41, 5.74) is 5.50. The third-order valence-corrected chi connectivity index (χ3v) is 9.15. The molecule has 5 nitrogen and oxygen atoms in total. The van der Waals surface area contributed by atoms with Gasteiger partial charge < -0.3 is 9.30 Å². The molecule has 3 heterocycles. The number of hydrogen-bond donors (Lipinski definition) is 0. The Morgan fingerprint density at radius 2 is 1.68 bits per heavy atom. The van der Waals surface area contributed by atoms with Gasteiger partial charge in [0.05, 0.1) is 11.2 Å². The average Bonchev–Trinajstić information content (AvgIpc) is 3.48. The number of likely N-dealkylation sites (tertiary alicyclic amines) is 1. The van der Waals surface area contributed by atoms with Gasteiger partial charge in [-0.2, -0.15) is 0 Å². The van der Waals surface area contributed by atoms with Gasteiger partial charge in [0, 0.05) is 61.7 Å². The Labute approximate surface area is 228 Å². The molecule has 6 heteroatoms. The van der Waals surface area contributed by atoms with Gasteiger partial charge in [0.1, 0.15) is 6.73 Å². The molecule has 0 saturated carbocycles. The highest BCUT2D eigenvalue weighted by Gasteiger charge is 2.22. The Hall–Kier alpha value is -3.06. The van der Waals surface area contributed by atoms with Crippen LogP contribution in [0.1, 0.15) is 36.6 Å². The molecule has 0 spiro atoms. The van der Waals surface area contributed by atoms with Crippen molar-refractivity contribution in [3.63, 3.8) is 0 Å². The fourth-order valence-electron chi connectivity index (χ4n) is 5.12. The van der Waals surface area contributed by atoms with E-state index >= 15 is 0 Å². The fraction of sp³-hybridized carbons (Fsp3) is 0.375. The van der Waals surface area contributed by atoms with Crippen LogP contribution in [0.5, 0.6) is 0 Å². The highest BCUT2D eigenvalue weighted by molar-refractivity contribution is 6.76. The van der Waals surface area contributed by atoms with E-state index in [1.807, 2.05) is 18.3 Å². The van der Waals surface area contributed by atoms with Crippen LogP contribution in [0, 0.1) is 0 Å². The Morgan fingerprint density at radius 3 is 2.29 bits per heavy atom. The van der Waals surface area contributed by atoms with Crippen LogP contribution in [-0.2, 0) is 18.0 Å². The Kier molecular flexibility index (Phi) is 8.22. The summed E-state index contributed by atoms with van der Waals surface area (Å²) in [6, 6.07) is 26.9. The molecular formula is C32H40N4OSi. The summed E-state index contributed by atoms with van der Waals surface area (Å²) in [4.78, 5) is 12.5. The van der Waals surface area contributed by atoms with Crippen molar-refractivity contribution in [3.05, 3.63) is 95.8 Å². The number of benzene rings is 2. The van der Waals surface area contributed by atoms with Gasteiger partial charge in [-0.05, 0) is 38.4 Å². The van der Waals surface area contributed by atoms with Gasteiger partial charge in [0.2, 0.25) is 0 Å². The lowest BCUT2D eigenvalue weighted by Crippen LogP contribution is -2.27. The molecule has 1 aliphatic rings. The molecule has 2 aromatic heterocycles. The average molecular weight is 525 g/mol. The predicted octanol–water partition coefficient (Wildman–Crippen LogP) is 7.50. The van der Waals surface area contributed by atoms with E-state index in [4.69, 9.17) is 14.7 Å². The van der Waals surface area contributed by atoms with E-state index in [0.29, 0.717) is 18.6 Å². The first-order chi connectivity index (χ1) is 18.4. The number of nitrogens with zero attached hydrogens (tertiary/aromatic N) is 4. The minimum absolute atomic E-state index is 0.558. The second kappa shape index (κ2) is 11.8. The summed E-state index contributed by atoms with van der Waals surface area (Å²) < 4.78 is 8.62. The molecule has 0 unspecified atom stereocenters. The van der Waals surface area contributed by atoms with Crippen molar-refractivity contribution >= 4 is 30.5 Å². The Bertz CT molecular complexity index is 1330. The highest BCUT2D eigenvalue weighted by atomic mass is 28.3. The van der Waals surface area contributed by atoms with E-state index in [0.717, 1.165) is 47.4 Å². The molecular weight excluding hydrogens is 484 g/mol. The van der Waals surface area contributed by atoms with E-state index in [1.165, 1.54) is 24.6 Å². The number of aliphatic imine (C=N–C) groups is 1. The number of fused-ring (bicyclic) bond motifs is 1. The van der Waals surface area contributed by atoms with Crippen molar-refractivity contribution in [2.24, 2.45) is 4.99 Å². The zero-order chi connectivity index (χ0) is 26.5. The lowest BCUT2D eigenvalue weighted by Gasteiger charge is -2.22. The van der Waals surface area contributed by atoms with E-state index in [2.05, 4.69) is 96.7 Å². The summed E-state index contributed by atoms with van der Waals surface area (Å²) in [6.07, 6.45) is 4.52. The topological polar surface area (TPSA) is 42.7 Å². The van der Waals surface area contributed by atoms with Crippen LogP contribution >= 0.6 is 0 Å². The monoisotopic (exact) mass is 524 g/mol. The first-order valence-corrected chi connectivity index (χ1v) is 17.6. The summed E-state index contributed by atoms with van der Waals surface area (Å²) in [6.45, 7) is 13.0. The maximum atomic E-state index is 6.28. The van der Waals surface area contributed by atoms with Gasteiger partial charge in [-0.25, -0.2) is 9.98 Å². The van der Waals surface area contributed by atoms with Crippen molar-refractivity contribution in [1.29, 1.82) is 0 Å². The summed E-state index contributed by atoms with van der Waals surface area (Å²) in [5.74, 6) is 0.711. The van der Waals surface area contributed by atoms with Crippen molar-refractivity contribution < 1.29 is 4.74 Å². The van der Waals surface area contributed by atoms with E-state index in [9.17, 15) is 0 Å². The van der Waals surface area contributed by atoms with Crippen LogP contribution in [0.25, 0.3) is 10.9 Å². The third-order valence-electron chi connectivity index (χ3n) is 7.45. The smallest absolute Gasteiger partial charge is 0.154 e. The predicted molar refractivity (Wildman–Crippen MR) is 161 cm³/mol. The van der Waals surface area contributed by atoms with E-state index in [-0.39, 0.29) is 0 Å². The molecule has 1 fully saturated rings. The van der Waals surface area contributed by atoms with Crippen molar-refractivity contribution in [1.82, 2.24) is 14.5 Å². The highest BCUT2D eigenvalue weighted by Crippen LogP contribution is 2.28. The molecule has 4 aromatic rings. The molecule has 2 aromatic carbocycles. The largest absolute Gasteiger partial charge is 0.361 e. The lowest BCUT2D eigenvalue weighted by molar-refractivity contribution is 0.0863. The second-order valence-corrected chi connectivity index (χ2v) is 17.3. The molecule has 5 rings (SSSR count). The standard InChI is InChI=1S/C32H40N4OSi/c1-25-12-11-17-35(25)23-29-20-28-22-33-31(21-30(28)36(29)24-37-18-19-38(2,3)4)34-32(26-13-7-5-8-14-26)27-15-9-6-10-16-27/h5-10,13-16,20-22,25H,11-12,17-19,23-24H2,1-4H3/t25-/m0/s1. The third kappa shape index (κ3) is 6.49. The molecule has 0 bridgehead atoms. The molecule has 198 valence electrons. The van der Waals surface area contributed by atoms with Crippen LogP contribution in [-0.4, -0.2) is 47.4 Å². The van der Waals surface area contributed by atoms with Gasteiger partial charge in [-0.15, -0.1) is 0 Å². The Balaban J connectivity index is 1.52. The number of ether oxygens (including phenoxy) is 1. The first kappa shape index (κ1) is 26.5. The van der Waals surface area contributed by atoms with Gasteiger partial charge in [-0.3, -0.25) is 4.90 Å². The zero-order valence-electron chi connectivity index (χ0n) is 23.2. The Morgan fingerprint density at radius 1 is 1.00 bits per heavy atom. The van der Waals surface area contributed by atoms with Crippen molar-refractivity contribution in [2.75, 3.05) is 13.2 Å². The van der Waals surface area contributed by atoms with Crippen LogP contribution < -0.4 is 0 Å². The number of hydrogen-bond acceptors (Lipinski definition) is 4. The van der Waals surface area contributed by atoms with E-state index in [1.54, 1.807) is 0 Å². The maximum absolute atomic E-state index is 6.28. The lowest BCUT2D eigenvalue weighted by atomic mass is 10.0. The van der Waals surface area contributed by atoms with Crippen molar-refractivity contribution in [2.45, 2.75) is 64.8 Å². The van der Waals surface area contributed by atoms with Crippen LogP contribution in [0.2, 0.25) is 25.7 Å². The SMILES string of the molecule is C[C@H]1CCCN1Cc1cc2cnc(N=C(c3ccccc3)c3ccccc3)cc2n1COCC[Si](C)(C)C. The molecule has 0 radical (unpaired) electrons. The minimum atomic E-state index is -1.15. The van der Waals surface area contributed by atoms with Crippen LogP contribution in [0.15, 0.2) is 84.0 Å². The van der Waals surface area contributed by atoms with Gasteiger partial charge in [-0.1, -0.05) is 80.3 Å². The normalized spacial score (nSPS) is 16.3. The quantitative estimate of drug-likeness (QED) is 0.123. The van der Waals surface area contributed by atoms with E-state index < -0.39 is 8.07 Å². The molecule has 1 atom stereocenters. The minimum Gasteiger partial charge on any atom is -0.361 e. The second-order valence-electron chi connectivity index (χ2n) is 11.7. The molecule has 1 saturated heterocycles. The molecule has 38 heavy (non-hydrogen) atoms. The fourth-order valence-corrected chi connectivity index (χ4v) is 5.88. The number of aromatic nitrogens is 2. The number of rotatable bonds is 10. The van der Waals surface area contributed by atoms with Crippen molar-refractivity contribution in [3.8, 4) is 0 Å². The van der Waals surface area contributed by atoms with Gasteiger partial charge in [0.25, 0.3) is 0 Å². The maximum Gasteiger partial charge on any atom is 0.154 e. The van der Waals surface area contributed by atoms with Gasteiger partial charge >= 0.3 is 0 Å². The first-order valence-electron chi connectivity index (χ1n) is 13.9. The summed E-state index contributed by atoms with van der Waals surface area (Å²) >= 11 is 0. The summed E-state index contributed by atoms with van der Waals surface area (Å²) in [7, 11) is -1.15. The molecule has 0 aliphatic carbocycles.